The van der Waals surface area contributed by atoms with Crippen LogP contribution >= 0.6 is 0 Å². The smallest absolute Gasteiger partial charge is 0.341 e. The molecule has 7 heteroatoms. The van der Waals surface area contributed by atoms with E-state index in [1.54, 1.807) is 11.8 Å². The predicted octanol–water partition coefficient (Wildman–Crippen LogP) is 3.84. The molecule has 30 heavy (non-hydrogen) atoms. The number of ether oxygens (including phenoxy) is 4. The van der Waals surface area contributed by atoms with Crippen molar-refractivity contribution < 1.29 is 23.7 Å². The van der Waals surface area contributed by atoms with Crippen LogP contribution in [0.25, 0.3) is 16.8 Å². The second-order valence-electron chi connectivity index (χ2n) is 6.42. The first-order valence-electron chi connectivity index (χ1n) is 9.28. The van der Waals surface area contributed by atoms with Crippen molar-refractivity contribution in [1.29, 1.82) is 0 Å². The quantitative estimate of drug-likeness (QED) is 0.320. The highest BCUT2D eigenvalue weighted by Crippen LogP contribution is 2.26. The molecule has 156 valence electrons. The molecule has 2 aromatic carbocycles. The van der Waals surface area contributed by atoms with Gasteiger partial charge in [-0.2, -0.15) is 5.10 Å². The normalized spacial score (nSPS) is 11.1. The Morgan fingerprint density at radius 2 is 1.80 bits per heavy atom. The summed E-state index contributed by atoms with van der Waals surface area (Å²) < 4.78 is 22.8. The lowest BCUT2D eigenvalue weighted by Gasteiger charge is -2.12. The average molecular weight is 408 g/mol. The number of carbonyl (C=O) groups excluding carboxylic acids is 1. The van der Waals surface area contributed by atoms with Crippen LogP contribution in [-0.4, -0.2) is 37.1 Å². The molecule has 0 spiro atoms. The summed E-state index contributed by atoms with van der Waals surface area (Å²) in [6.45, 7) is 0.246. The van der Waals surface area contributed by atoms with E-state index in [1.165, 1.54) is 20.5 Å². The summed E-state index contributed by atoms with van der Waals surface area (Å²) in [5.74, 6) is 0.908. The maximum atomic E-state index is 12.2. The topological polar surface area (TPSA) is 71.8 Å². The van der Waals surface area contributed by atoms with Crippen molar-refractivity contribution in [2.45, 2.75) is 6.61 Å². The van der Waals surface area contributed by atoms with Crippen LogP contribution in [0.4, 0.5) is 0 Å². The second-order valence-corrected chi connectivity index (χ2v) is 6.42. The number of methoxy groups -OCH3 is 3. The Kier molecular flexibility index (Phi) is 6.75. The zero-order valence-corrected chi connectivity index (χ0v) is 17.4. The van der Waals surface area contributed by atoms with Gasteiger partial charge in [0.1, 0.15) is 17.9 Å². The monoisotopic (exact) mass is 408 g/mol. The number of nitrogens with zero attached hydrogens (tertiary/aromatic N) is 2. The number of rotatable bonds is 8. The standard InChI is InChI=1S/C23H24N2O5/c1-25-22(13-21(24-25)16-9-11-18(28-3)12-10-16)30-14-17-7-5-6-8-19(17)20(15-27-2)23(26)29-4/h5-13,15H,14H2,1-4H3/b20-15+. The van der Waals surface area contributed by atoms with Gasteiger partial charge >= 0.3 is 5.97 Å². The molecular weight excluding hydrogens is 384 g/mol. The molecule has 3 rings (SSSR count). The first-order valence-corrected chi connectivity index (χ1v) is 9.28. The molecule has 0 atom stereocenters. The molecule has 0 aliphatic heterocycles. The maximum absolute atomic E-state index is 12.2. The van der Waals surface area contributed by atoms with Crippen molar-refractivity contribution in [2.75, 3.05) is 21.3 Å². The molecule has 3 aromatic rings. The Labute approximate surface area is 175 Å². The number of aromatic nitrogens is 2. The second kappa shape index (κ2) is 9.65. The van der Waals surface area contributed by atoms with Crippen molar-refractivity contribution in [2.24, 2.45) is 7.05 Å². The van der Waals surface area contributed by atoms with Crippen LogP contribution in [0, 0.1) is 0 Å². The van der Waals surface area contributed by atoms with Crippen molar-refractivity contribution in [3.8, 4) is 22.9 Å². The summed E-state index contributed by atoms with van der Waals surface area (Å²) in [5.41, 5.74) is 3.57. The van der Waals surface area contributed by atoms with Crippen molar-refractivity contribution in [3.05, 3.63) is 72.0 Å². The number of hydrogen-bond donors (Lipinski definition) is 0. The summed E-state index contributed by atoms with van der Waals surface area (Å²) in [4.78, 5) is 12.2. The van der Waals surface area contributed by atoms with Crippen LogP contribution in [0.3, 0.4) is 0 Å². The van der Waals surface area contributed by atoms with Gasteiger partial charge in [0.25, 0.3) is 0 Å². The molecule has 7 nitrogen and oxygen atoms in total. The minimum Gasteiger partial charge on any atom is -0.503 e. The van der Waals surface area contributed by atoms with E-state index in [4.69, 9.17) is 18.9 Å². The molecular formula is C23H24N2O5. The zero-order chi connectivity index (χ0) is 21.5. The number of carbonyl (C=O) groups is 1. The Morgan fingerprint density at radius 1 is 1.07 bits per heavy atom. The Bertz CT molecular complexity index is 1040. The molecule has 0 fully saturated rings. The fourth-order valence-electron chi connectivity index (χ4n) is 3.00. The average Bonchev–Trinajstić information content (AvgIpc) is 3.16. The van der Waals surface area contributed by atoms with Crippen LogP contribution in [-0.2, 0) is 27.9 Å². The summed E-state index contributed by atoms with van der Waals surface area (Å²) in [6, 6.07) is 17.0. The molecule has 0 unspecified atom stereocenters. The lowest BCUT2D eigenvalue weighted by Crippen LogP contribution is -2.09. The van der Waals surface area contributed by atoms with E-state index in [1.807, 2.05) is 61.6 Å². The van der Waals surface area contributed by atoms with Gasteiger partial charge in [0, 0.05) is 18.7 Å². The van der Waals surface area contributed by atoms with Gasteiger partial charge in [-0.25, -0.2) is 9.48 Å². The highest BCUT2D eigenvalue weighted by atomic mass is 16.5. The molecule has 0 amide bonds. The summed E-state index contributed by atoms with van der Waals surface area (Å²) in [7, 11) is 6.27. The Hall–Kier alpha value is -3.74. The van der Waals surface area contributed by atoms with Gasteiger partial charge in [0.05, 0.1) is 33.3 Å². The van der Waals surface area contributed by atoms with Gasteiger partial charge in [0.15, 0.2) is 0 Å². The number of hydrogen-bond acceptors (Lipinski definition) is 6. The van der Waals surface area contributed by atoms with E-state index in [0.717, 1.165) is 22.6 Å². The molecule has 0 bridgehead atoms. The Morgan fingerprint density at radius 3 is 2.47 bits per heavy atom. The van der Waals surface area contributed by atoms with Crippen LogP contribution in [0.15, 0.2) is 60.9 Å². The molecule has 0 radical (unpaired) electrons. The minimum atomic E-state index is -0.480. The van der Waals surface area contributed by atoms with E-state index in [-0.39, 0.29) is 6.61 Å². The van der Waals surface area contributed by atoms with E-state index in [9.17, 15) is 4.79 Å². The van der Waals surface area contributed by atoms with Crippen LogP contribution in [0.2, 0.25) is 0 Å². The first kappa shape index (κ1) is 21.0. The van der Waals surface area contributed by atoms with Crippen LogP contribution in [0.5, 0.6) is 11.6 Å². The van der Waals surface area contributed by atoms with E-state index >= 15 is 0 Å². The van der Waals surface area contributed by atoms with Crippen molar-refractivity contribution >= 4 is 11.5 Å². The van der Waals surface area contributed by atoms with E-state index in [2.05, 4.69) is 5.10 Å². The molecule has 0 aliphatic carbocycles. The van der Waals surface area contributed by atoms with E-state index < -0.39 is 5.97 Å². The zero-order valence-electron chi connectivity index (χ0n) is 17.4. The fraction of sp³-hybridized carbons (Fsp3) is 0.217. The molecule has 0 aliphatic rings. The number of benzene rings is 2. The summed E-state index contributed by atoms with van der Waals surface area (Å²) in [6.07, 6.45) is 1.37. The predicted molar refractivity (Wildman–Crippen MR) is 113 cm³/mol. The van der Waals surface area contributed by atoms with Gasteiger partial charge in [-0.15, -0.1) is 0 Å². The third-order valence-electron chi connectivity index (χ3n) is 4.55. The van der Waals surface area contributed by atoms with Gasteiger partial charge in [-0.3, -0.25) is 0 Å². The Balaban J connectivity index is 1.82. The SMILES string of the molecule is CO/C=C(/C(=O)OC)c1ccccc1COc1cc(-c2ccc(OC)cc2)nn1C. The van der Waals surface area contributed by atoms with Gasteiger partial charge in [0.2, 0.25) is 5.88 Å². The molecule has 1 heterocycles. The van der Waals surface area contributed by atoms with Crippen LogP contribution in [0.1, 0.15) is 11.1 Å². The number of esters is 1. The van der Waals surface area contributed by atoms with Gasteiger partial charge in [-0.1, -0.05) is 24.3 Å². The lowest BCUT2D eigenvalue weighted by atomic mass is 10.0. The third kappa shape index (κ3) is 4.63. The molecule has 0 saturated carbocycles. The third-order valence-corrected chi connectivity index (χ3v) is 4.55. The first-order chi connectivity index (χ1) is 14.6. The van der Waals surface area contributed by atoms with E-state index in [0.29, 0.717) is 17.0 Å². The minimum absolute atomic E-state index is 0.246. The highest BCUT2D eigenvalue weighted by Gasteiger charge is 2.17. The van der Waals surface area contributed by atoms with Gasteiger partial charge in [-0.05, 0) is 35.4 Å². The lowest BCUT2D eigenvalue weighted by molar-refractivity contribution is -0.133. The maximum Gasteiger partial charge on any atom is 0.341 e. The molecule has 0 saturated heterocycles. The molecule has 0 N–H and O–H groups in total. The summed E-state index contributed by atoms with van der Waals surface area (Å²) >= 11 is 0. The summed E-state index contributed by atoms with van der Waals surface area (Å²) in [5, 5.41) is 4.52. The van der Waals surface area contributed by atoms with Crippen molar-refractivity contribution in [3.63, 3.8) is 0 Å². The largest absolute Gasteiger partial charge is 0.503 e. The van der Waals surface area contributed by atoms with Crippen LogP contribution < -0.4 is 9.47 Å². The molecule has 1 aromatic heterocycles. The highest BCUT2D eigenvalue weighted by molar-refractivity contribution is 6.16. The van der Waals surface area contributed by atoms with Crippen molar-refractivity contribution in [1.82, 2.24) is 9.78 Å². The fourth-order valence-corrected chi connectivity index (χ4v) is 3.00. The number of aryl methyl sites for hydroxylation is 1. The van der Waals surface area contributed by atoms with Gasteiger partial charge < -0.3 is 18.9 Å².